The number of amides is 1. The van der Waals surface area contributed by atoms with E-state index in [4.69, 9.17) is 5.11 Å². The SMILES string of the molecule is CCN(CCC(=O)O)C(=O)C1(c2ccccc2)CCCC1. The summed E-state index contributed by atoms with van der Waals surface area (Å²) in [5, 5.41) is 8.85. The number of aliphatic carboxylic acids is 1. The van der Waals surface area contributed by atoms with E-state index in [1.807, 2.05) is 37.3 Å². The second kappa shape index (κ2) is 6.74. The number of carbonyl (C=O) groups is 2. The van der Waals surface area contributed by atoms with Crippen molar-refractivity contribution in [2.75, 3.05) is 13.1 Å². The average molecular weight is 289 g/mol. The fourth-order valence-electron chi connectivity index (χ4n) is 3.30. The van der Waals surface area contributed by atoms with E-state index >= 15 is 0 Å². The predicted molar refractivity (Wildman–Crippen MR) is 81.1 cm³/mol. The topological polar surface area (TPSA) is 57.6 Å². The lowest BCUT2D eigenvalue weighted by Crippen LogP contribution is -2.46. The van der Waals surface area contributed by atoms with Gasteiger partial charge >= 0.3 is 5.97 Å². The number of carbonyl (C=O) groups excluding carboxylic acids is 1. The molecule has 21 heavy (non-hydrogen) atoms. The average Bonchev–Trinajstić information content (AvgIpc) is 2.99. The molecular weight excluding hydrogens is 266 g/mol. The molecule has 0 unspecified atom stereocenters. The summed E-state index contributed by atoms with van der Waals surface area (Å²) in [5.41, 5.74) is 0.622. The zero-order valence-corrected chi connectivity index (χ0v) is 12.5. The highest BCUT2D eigenvalue weighted by atomic mass is 16.4. The van der Waals surface area contributed by atoms with Gasteiger partial charge < -0.3 is 10.0 Å². The lowest BCUT2D eigenvalue weighted by molar-refractivity contribution is -0.140. The first-order valence-corrected chi connectivity index (χ1v) is 7.67. The molecule has 0 aliphatic heterocycles. The van der Waals surface area contributed by atoms with Crippen LogP contribution in [0.2, 0.25) is 0 Å². The molecule has 0 saturated heterocycles. The minimum Gasteiger partial charge on any atom is -0.481 e. The molecule has 1 N–H and O–H groups in total. The third kappa shape index (κ3) is 3.26. The van der Waals surface area contributed by atoms with Gasteiger partial charge in [-0.25, -0.2) is 0 Å². The highest BCUT2D eigenvalue weighted by Gasteiger charge is 2.44. The van der Waals surface area contributed by atoms with Crippen LogP contribution in [0.15, 0.2) is 30.3 Å². The molecule has 1 aromatic carbocycles. The number of rotatable bonds is 6. The molecule has 0 atom stereocenters. The van der Waals surface area contributed by atoms with Crippen LogP contribution in [-0.2, 0) is 15.0 Å². The lowest BCUT2D eigenvalue weighted by atomic mass is 9.77. The van der Waals surface area contributed by atoms with Crippen LogP contribution in [0.25, 0.3) is 0 Å². The summed E-state index contributed by atoms with van der Waals surface area (Å²) in [6.45, 7) is 2.76. The Morgan fingerprint density at radius 2 is 1.81 bits per heavy atom. The molecule has 2 rings (SSSR count). The van der Waals surface area contributed by atoms with E-state index in [2.05, 4.69) is 0 Å². The van der Waals surface area contributed by atoms with Gasteiger partial charge in [0.1, 0.15) is 0 Å². The maximum Gasteiger partial charge on any atom is 0.305 e. The van der Waals surface area contributed by atoms with Crippen molar-refractivity contribution in [2.24, 2.45) is 0 Å². The maximum atomic E-state index is 13.0. The third-order valence-electron chi connectivity index (χ3n) is 4.46. The van der Waals surface area contributed by atoms with Crippen LogP contribution in [0.3, 0.4) is 0 Å². The normalized spacial score (nSPS) is 16.6. The number of carboxylic acid groups (broad SMARTS) is 1. The van der Waals surface area contributed by atoms with E-state index in [0.717, 1.165) is 31.2 Å². The van der Waals surface area contributed by atoms with E-state index < -0.39 is 11.4 Å². The molecule has 0 bridgehead atoms. The van der Waals surface area contributed by atoms with Crippen molar-refractivity contribution in [1.82, 2.24) is 4.90 Å². The van der Waals surface area contributed by atoms with E-state index in [0.29, 0.717) is 13.1 Å². The molecule has 4 nitrogen and oxygen atoms in total. The Hall–Kier alpha value is -1.84. The Morgan fingerprint density at radius 1 is 1.19 bits per heavy atom. The Labute approximate surface area is 125 Å². The molecule has 1 aliphatic carbocycles. The molecular formula is C17H23NO3. The summed E-state index contributed by atoms with van der Waals surface area (Å²) in [6.07, 6.45) is 3.83. The van der Waals surface area contributed by atoms with Gasteiger partial charge in [0.15, 0.2) is 0 Å². The van der Waals surface area contributed by atoms with Crippen LogP contribution in [0, 0.1) is 0 Å². The van der Waals surface area contributed by atoms with Gasteiger partial charge in [0, 0.05) is 13.1 Å². The van der Waals surface area contributed by atoms with Crippen LogP contribution in [0.4, 0.5) is 0 Å². The van der Waals surface area contributed by atoms with E-state index in [1.54, 1.807) is 4.90 Å². The second-order valence-corrected chi connectivity index (χ2v) is 5.68. The van der Waals surface area contributed by atoms with Crippen LogP contribution in [0.5, 0.6) is 0 Å². The van der Waals surface area contributed by atoms with Crippen LogP contribution in [-0.4, -0.2) is 35.0 Å². The Morgan fingerprint density at radius 3 is 2.33 bits per heavy atom. The molecule has 0 spiro atoms. The van der Waals surface area contributed by atoms with Gasteiger partial charge in [0.25, 0.3) is 0 Å². The Bertz CT molecular complexity index is 492. The van der Waals surface area contributed by atoms with Crippen molar-refractivity contribution in [1.29, 1.82) is 0 Å². The zero-order valence-electron chi connectivity index (χ0n) is 12.5. The summed E-state index contributed by atoms with van der Waals surface area (Å²) in [7, 11) is 0. The van der Waals surface area contributed by atoms with Gasteiger partial charge in [-0.3, -0.25) is 9.59 Å². The zero-order chi connectivity index (χ0) is 15.3. The molecule has 1 aromatic rings. The fraction of sp³-hybridized carbons (Fsp3) is 0.529. The van der Waals surface area contributed by atoms with E-state index in [-0.39, 0.29) is 12.3 Å². The van der Waals surface area contributed by atoms with Gasteiger partial charge in [0.2, 0.25) is 5.91 Å². The molecule has 0 heterocycles. The summed E-state index contributed by atoms with van der Waals surface area (Å²) in [4.78, 5) is 25.5. The molecule has 1 aliphatic rings. The summed E-state index contributed by atoms with van der Waals surface area (Å²) >= 11 is 0. The van der Waals surface area contributed by atoms with Crippen molar-refractivity contribution in [3.8, 4) is 0 Å². The fourth-order valence-corrected chi connectivity index (χ4v) is 3.30. The quantitative estimate of drug-likeness (QED) is 0.876. The number of nitrogens with zero attached hydrogens (tertiary/aromatic N) is 1. The highest BCUT2D eigenvalue weighted by molar-refractivity contribution is 5.89. The van der Waals surface area contributed by atoms with Crippen LogP contribution >= 0.6 is 0 Å². The molecule has 4 heteroatoms. The van der Waals surface area contributed by atoms with Gasteiger partial charge in [0.05, 0.1) is 11.8 Å². The number of hydrogen-bond donors (Lipinski definition) is 1. The molecule has 1 amide bonds. The predicted octanol–water partition coefficient (Wildman–Crippen LogP) is 2.82. The number of benzene rings is 1. The Kier molecular flexibility index (Phi) is 4.99. The number of likely N-dealkylation sites (N-methyl/N-ethyl adjacent to an activating group) is 1. The van der Waals surface area contributed by atoms with E-state index in [9.17, 15) is 9.59 Å². The molecule has 1 fully saturated rings. The summed E-state index contributed by atoms with van der Waals surface area (Å²) < 4.78 is 0. The van der Waals surface area contributed by atoms with Crippen molar-refractivity contribution >= 4 is 11.9 Å². The van der Waals surface area contributed by atoms with Crippen molar-refractivity contribution in [2.45, 2.75) is 44.4 Å². The highest BCUT2D eigenvalue weighted by Crippen LogP contribution is 2.42. The maximum absolute atomic E-state index is 13.0. The van der Waals surface area contributed by atoms with Crippen molar-refractivity contribution in [3.63, 3.8) is 0 Å². The first-order chi connectivity index (χ1) is 10.1. The summed E-state index contributed by atoms with van der Waals surface area (Å²) in [6, 6.07) is 9.94. The lowest BCUT2D eigenvalue weighted by Gasteiger charge is -2.34. The molecule has 0 aromatic heterocycles. The molecule has 0 radical (unpaired) electrons. The van der Waals surface area contributed by atoms with Gasteiger partial charge in [-0.05, 0) is 25.3 Å². The first-order valence-electron chi connectivity index (χ1n) is 7.67. The largest absolute Gasteiger partial charge is 0.481 e. The monoisotopic (exact) mass is 289 g/mol. The minimum absolute atomic E-state index is 0.00441. The van der Waals surface area contributed by atoms with Crippen molar-refractivity contribution in [3.05, 3.63) is 35.9 Å². The smallest absolute Gasteiger partial charge is 0.305 e. The first kappa shape index (κ1) is 15.5. The third-order valence-corrected chi connectivity index (χ3v) is 4.46. The minimum atomic E-state index is -0.860. The Balaban J connectivity index is 2.25. The van der Waals surface area contributed by atoms with E-state index in [1.165, 1.54) is 0 Å². The molecule has 114 valence electrons. The van der Waals surface area contributed by atoms with Crippen LogP contribution in [0.1, 0.15) is 44.6 Å². The molecule has 1 saturated carbocycles. The summed E-state index contributed by atoms with van der Waals surface area (Å²) in [5.74, 6) is -0.767. The number of hydrogen-bond acceptors (Lipinski definition) is 2. The van der Waals surface area contributed by atoms with Gasteiger partial charge in [-0.1, -0.05) is 43.2 Å². The van der Waals surface area contributed by atoms with Crippen LogP contribution < -0.4 is 0 Å². The van der Waals surface area contributed by atoms with Crippen molar-refractivity contribution < 1.29 is 14.7 Å². The second-order valence-electron chi connectivity index (χ2n) is 5.68. The van der Waals surface area contributed by atoms with Gasteiger partial charge in [-0.15, -0.1) is 0 Å². The van der Waals surface area contributed by atoms with Gasteiger partial charge in [-0.2, -0.15) is 0 Å². The standard InChI is InChI=1S/C17H23NO3/c1-2-18(13-10-15(19)20)16(21)17(11-6-7-12-17)14-8-4-3-5-9-14/h3-5,8-9H,2,6-7,10-13H2,1H3,(H,19,20). The number of carboxylic acids is 1.